The first kappa shape index (κ1) is 18.9. The van der Waals surface area contributed by atoms with Gasteiger partial charge in [-0.25, -0.2) is 0 Å². The highest BCUT2D eigenvalue weighted by Gasteiger charge is 2.15. The summed E-state index contributed by atoms with van der Waals surface area (Å²) in [6, 6.07) is 13.3. The number of benzene rings is 2. The van der Waals surface area contributed by atoms with Crippen LogP contribution < -0.4 is 14.8 Å². The van der Waals surface area contributed by atoms with Crippen molar-refractivity contribution >= 4 is 27.3 Å². The van der Waals surface area contributed by atoms with Gasteiger partial charge in [-0.15, -0.1) is 15.3 Å². The normalized spacial score (nSPS) is 10.9. The second kappa shape index (κ2) is 7.88. The minimum Gasteiger partial charge on any atom is -0.497 e. The van der Waals surface area contributed by atoms with Gasteiger partial charge in [0.15, 0.2) is 12.4 Å². The summed E-state index contributed by atoms with van der Waals surface area (Å²) in [4.78, 5) is 12.9. The number of methoxy groups -OCH3 is 1. The summed E-state index contributed by atoms with van der Waals surface area (Å²) in [6.45, 7) is 3.80. The van der Waals surface area contributed by atoms with Gasteiger partial charge in [-0.3, -0.25) is 10.1 Å². The van der Waals surface area contributed by atoms with Crippen LogP contribution in [0.1, 0.15) is 11.1 Å². The van der Waals surface area contributed by atoms with E-state index in [4.69, 9.17) is 9.47 Å². The molecule has 0 spiro atoms. The van der Waals surface area contributed by atoms with E-state index in [1.807, 2.05) is 56.3 Å². The van der Waals surface area contributed by atoms with Crippen LogP contribution in [-0.4, -0.2) is 39.4 Å². The third-order valence-corrected chi connectivity index (χ3v) is 5.16. The van der Waals surface area contributed by atoms with E-state index in [0.29, 0.717) is 15.9 Å². The van der Waals surface area contributed by atoms with E-state index >= 15 is 0 Å². The number of hydrogen-bond acceptors (Lipinski definition) is 7. The Morgan fingerprint density at radius 3 is 2.52 bits per heavy atom. The standard InChI is InChI=1S/C20H19N5O3S/c1-12-5-4-6-13(2)17(12)28-11-16(26)21-19-24-25-18(22-23-20(25)29-19)14-7-9-15(27-3)10-8-14/h4-10H,11H2,1-3H3,(H,21,24,26). The summed E-state index contributed by atoms with van der Waals surface area (Å²) >= 11 is 1.24. The lowest BCUT2D eigenvalue weighted by atomic mass is 10.1. The van der Waals surface area contributed by atoms with Gasteiger partial charge in [-0.05, 0) is 49.2 Å². The highest BCUT2D eigenvalue weighted by atomic mass is 32.1. The monoisotopic (exact) mass is 409 g/mol. The van der Waals surface area contributed by atoms with Gasteiger partial charge in [-0.1, -0.05) is 29.5 Å². The zero-order valence-corrected chi connectivity index (χ0v) is 17.0. The summed E-state index contributed by atoms with van der Waals surface area (Å²) < 4.78 is 12.5. The predicted octanol–water partition coefficient (Wildman–Crippen LogP) is 3.50. The lowest BCUT2D eigenvalue weighted by Crippen LogP contribution is -2.20. The first-order valence-electron chi connectivity index (χ1n) is 8.90. The maximum atomic E-state index is 12.3. The second-order valence-corrected chi connectivity index (χ2v) is 7.37. The zero-order chi connectivity index (χ0) is 20.4. The van der Waals surface area contributed by atoms with Crippen LogP contribution >= 0.6 is 11.3 Å². The molecule has 0 atom stereocenters. The van der Waals surface area contributed by atoms with Crippen molar-refractivity contribution in [2.75, 3.05) is 19.0 Å². The molecule has 148 valence electrons. The van der Waals surface area contributed by atoms with E-state index < -0.39 is 0 Å². The molecule has 9 heteroatoms. The van der Waals surface area contributed by atoms with Gasteiger partial charge in [0.05, 0.1) is 7.11 Å². The highest BCUT2D eigenvalue weighted by Crippen LogP contribution is 2.26. The van der Waals surface area contributed by atoms with Crippen LogP contribution in [0.25, 0.3) is 16.3 Å². The molecule has 0 saturated carbocycles. The first-order chi connectivity index (χ1) is 14.0. The van der Waals surface area contributed by atoms with Crippen molar-refractivity contribution in [2.24, 2.45) is 0 Å². The number of nitrogens with one attached hydrogen (secondary N) is 1. The predicted molar refractivity (Wildman–Crippen MR) is 111 cm³/mol. The van der Waals surface area contributed by atoms with Gasteiger partial charge in [0.2, 0.25) is 10.1 Å². The Morgan fingerprint density at radius 1 is 1.10 bits per heavy atom. The van der Waals surface area contributed by atoms with Crippen LogP contribution in [0.3, 0.4) is 0 Å². The van der Waals surface area contributed by atoms with Crippen LogP contribution in [0.5, 0.6) is 11.5 Å². The molecule has 2 heterocycles. The molecule has 0 unspecified atom stereocenters. The quantitative estimate of drug-likeness (QED) is 0.524. The number of nitrogens with zero attached hydrogens (tertiary/aromatic N) is 4. The average molecular weight is 409 g/mol. The number of ether oxygens (including phenoxy) is 2. The zero-order valence-electron chi connectivity index (χ0n) is 16.2. The van der Waals surface area contributed by atoms with Gasteiger partial charge in [0, 0.05) is 5.56 Å². The van der Waals surface area contributed by atoms with Gasteiger partial charge in [0.1, 0.15) is 11.5 Å². The number of para-hydroxylation sites is 1. The fourth-order valence-electron chi connectivity index (χ4n) is 2.91. The van der Waals surface area contributed by atoms with Crippen molar-refractivity contribution in [2.45, 2.75) is 13.8 Å². The molecule has 0 radical (unpaired) electrons. The van der Waals surface area contributed by atoms with E-state index in [1.54, 1.807) is 11.6 Å². The van der Waals surface area contributed by atoms with Crippen molar-refractivity contribution < 1.29 is 14.3 Å². The molecule has 1 N–H and O–H groups in total. The molecule has 0 aliphatic rings. The number of aryl methyl sites for hydroxylation is 2. The molecule has 0 bridgehead atoms. The molecule has 29 heavy (non-hydrogen) atoms. The van der Waals surface area contributed by atoms with Gasteiger partial charge in [0.25, 0.3) is 5.91 Å². The Labute approximate surface area is 171 Å². The van der Waals surface area contributed by atoms with Gasteiger partial charge >= 0.3 is 0 Å². The van der Waals surface area contributed by atoms with Crippen molar-refractivity contribution in [1.82, 2.24) is 19.8 Å². The molecule has 1 amide bonds. The van der Waals surface area contributed by atoms with Crippen LogP contribution in [0.2, 0.25) is 0 Å². The maximum absolute atomic E-state index is 12.3. The maximum Gasteiger partial charge on any atom is 0.264 e. The second-order valence-electron chi connectivity index (χ2n) is 6.41. The molecule has 4 aromatic rings. The highest BCUT2D eigenvalue weighted by molar-refractivity contribution is 7.20. The lowest BCUT2D eigenvalue weighted by molar-refractivity contribution is -0.118. The van der Waals surface area contributed by atoms with E-state index in [-0.39, 0.29) is 12.5 Å². The molecular formula is C20H19N5O3S. The summed E-state index contributed by atoms with van der Waals surface area (Å²) in [7, 11) is 1.61. The number of aromatic nitrogens is 4. The number of fused-ring (bicyclic) bond motifs is 1. The minimum absolute atomic E-state index is 0.100. The molecule has 4 rings (SSSR count). The Hall–Kier alpha value is -3.46. The Morgan fingerprint density at radius 2 is 1.83 bits per heavy atom. The topological polar surface area (TPSA) is 90.6 Å². The molecule has 2 aromatic carbocycles. The molecule has 0 saturated heterocycles. The van der Waals surface area contributed by atoms with E-state index in [2.05, 4.69) is 20.6 Å². The summed E-state index contributed by atoms with van der Waals surface area (Å²) in [5.74, 6) is 1.78. The van der Waals surface area contributed by atoms with E-state index in [0.717, 1.165) is 28.2 Å². The number of rotatable bonds is 6. The van der Waals surface area contributed by atoms with Crippen molar-refractivity contribution in [3.63, 3.8) is 0 Å². The Kier molecular flexibility index (Phi) is 5.13. The number of carbonyl (C=O) groups excluding carboxylic acids is 1. The van der Waals surface area contributed by atoms with Gasteiger partial charge < -0.3 is 9.47 Å². The number of anilines is 1. The smallest absolute Gasteiger partial charge is 0.264 e. The molecule has 0 aliphatic carbocycles. The summed E-state index contributed by atoms with van der Waals surface area (Å²) in [6.07, 6.45) is 0. The van der Waals surface area contributed by atoms with Crippen LogP contribution in [0, 0.1) is 13.8 Å². The Balaban J connectivity index is 1.47. The third kappa shape index (κ3) is 3.90. The molecular weight excluding hydrogens is 390 g/mol. The third-order valence-electron chi connectivity index (χ3n) is 4.34. The van der Waals surface area contributed by atoms with Crippen molar-refractivity contribution in [1.29, 1.82) is 0 Å². The first-order valence-corrected chi connectivity index (χ1v) is 9.72. The van der Waals surface area contributed by atoms with Crippen molar-refractivity contribution in [3.8, 4) is 22.9 Å². The fraction of sp³-hybridized carbons (Fsp3) is 0.200. The number of carbonyl (C=O) groups is 1. The summed E-state index contributed by atoms with van der Waals surface area (Å²) in [5, 5.41) is 15.9. The molecule has 8 nitrogen and oxygen atoms in total. The van der Waals surface area contributed by atoms with Crippen LogP contribution in [0.15, 0.2) is 42.5 Å². The van der Waals surface area contributed by atoms with E-state index in [1.165, 1.54) is 11.3 Å². The SMILES string of the molecule is COc1ccc(-c2nnc3sc(NC(=O)COc4c(C)cccc4C)nn23)cc1. The Bertz CT molecular complexity index is 1150. The van der Waals surface area contributed by atoms with Crippen molar-refractivity contribution in [3.05, 3.63) is 53.6 Å². The number of hydrogen-bond donors (Lipinski definition) is 1. The number of amides is 1. The summed E-state index contributed by atoms with van der Waals surface area (Å²) in [5.41, 5.74) is 2.82. The average Bonchev–Trinajstić information content (AvgIpc) is 3.28. The van der Waals surface area contributed by atoms with Crippen LogP contribution in [0.4, 0.5) is 5.13 Å². The molecule has 0 fully saturated rings. The van der Waals surface area contributed by atoms with Crippen LogP contribution in [-0.2, 0) is 4.79 Å². The molecule has 2 aromatic heterocycles. The minimum atomic E-state index is -0.288. The van der Waals surface area contributed by atoms with E-state index in [9.17, 15) is 4.79 Å². The largest absolute Gasteiger partial charge is 0.497 e. The fourth-order valence-corrected chi connectivity index (χ4v) is 3.66. The lowest BCUT2D eigenvalue weighted by Gasteiger charge is -2.11. The molecule has 0 aliphatic heterocycles. The van der Waals surface area contributed by atoms with Gasteiger partial charge in [-0.2, -0.15) is 4.52 Å².